The lowest BCUT2D eigenvalue weighted by Crippen LogP contribution is -2.47. The number of carbonyl (C=O) groups excluding carboxylic acids is 1. The third-order valence-electron chi connectivity index (χ3n) is 5.50. The Morgan fingerprint density at radius 1 is 1.19 bits per heavy atom. The molecule has 31 heavy (non-hydrogen) atoms. The normalized spacial score (nSPS) is 23.3. The minimum absolute atomic E-state index is 0. The van der Waals surface area contributed by atoms with Crippen molar-refractivity contribution in [2.45, 2.75) is 57.4 Å². The van der Waals surface area contributed by atoms with E-state index in [0.717, 1.165) is 31.9 Å². The van der Waals surface area contributed by atoms with Crippen molar-refractivity contribution in [2.24, 2.45) is 11.7 Å². The number of nitrogens with zero attached hydrogens (tertiary/aromatic N) is 3. The molecular formula is C19H30Cl2F3N5O2. The van der Waals surface area contributed by atoms with Gasteiger partial charge < -0.3 is 15.8 Å². The standard InChI is InChI=1S/C19H28F3N5O2.2ClH/c1-12-8-16(19(20,21)22)26-17(25-12)9-24-18(28)13-2-3-14(23)11-27(10-13)15-4-6-29-7-5-15;;/h8,13-15H,2-7,9-11,23H2,1H3,(H,24,28);2*1H/t13-,14+;;/m1../s1. The fourth-order valence-corrected chi connectivity index (χ4v) is 3.98. The van der Waals surface area contributed by atoms with Gasteiger partial charge in [0.15, 0.2) is 0 Å². The number of hydrogen-bond acceptors (Lipinski definition) is 6. The van der Waals surface area contributed by atoms with Crippen molar-refractivity contribution < 1.29 is 22.7 Å². The van der Waals surface area contributed by atoms with Gasteiger partial charge >= 0.3 is 6.18 Å². The lowest BCUT2D eigenvalue weighted by Gasteiger charge is -2.35. The lowest BCUT2D eigenvalue weighted by molar-refractivity contribution is -0.141. The number of nitrogens with two attached hydrogens (primary N) is 1. The molecule has 3 N–H and O–H groups in total. The van der Waals surface area contributed by atoms with E-state index in [-0.39, 0.29) is 60.7 Å². The maximum Gasteiger partial charge on any atom is 0.433 e. The van der Waals surface area contributed by atoms with Gasteiger partial charge in [0.2, 0.25) is 5.91 Å². The highest BCUT2D eigenvalue weighted by Gasteiger charge is 2.34. The summed E-state index contributed by atoms with van der Waals surface area (Å²) in [5, 5.41) is 2.72. The monoisotopic (exact) mass is 487 g/mol. The Bertz CT molecular complexity index is 720. The molecule has 3 heterocycles. The van der Waals surface area contributed by atoms with Crippen LogP contribution in [0.5, 0.6) is 0 Å². The summed E-state index contributed by atoms with van der Waals surface area (Å²) < 4.78 is 44.2. The Labute approximate surface area is 192 Å². The predicted molar refractivity (Wildman–Crippen MR) is 114 cm³/mol. The van der Waals surface area contributed by atoms with Crippen molar-refractivity contribution in [1.29, 1.82) is 0 Å². The van der Waals surface area contributed by atoms with Gasteiger partial charge in [0.25, 0.3) is 0 Å². The number of hydrogen-bond donors (Lipinski definition) is 2. The first kappa shape index (κ1) is 27.8. The fourth-order valence-electron chi connectivity index (χ4n) is 3.98. The summed E-state index contributed by atoms with van der Waals surface area (Å²) in [4.78, 5) is 22.6. The van der Waals surface area contributed by atoms with Gasteiger partial charge in [-0.2, -0.15) is 13.2 Å². The van der Waals surface area contributed by atoms with Crippen LogP contribution in [0.4, 0.5) is 13.2 Å². The maximum absolute atomic E-state index is 12.9. The maximum atomic E-state index is 12.9. The second-order valence-electron chi connectivity index (χ2n) is 7.86. The fraction of sp³-hybridized carbons (Fsp3) is 0.737. The highest BCUT2D eigenvalue weighted by molar-refractivity contribution is 5.85. The number of ether oxygens (including phenoxy) is 1. The molecule has 0 radical (unpaired) electrons. The predicted octanol–water partition coefficient (Wildman–Crippen LogP) is 2.48. The summed E-state index contributed by atoms with van der Waals surface area (Å²) in [6.45, 7) is 4.08. The summed E-state index contributed by atoms with van der Waals surface area (Å²) in [5.74, 6) is -0.509. The third-order valence-corrected chi connectivity index (χ3v) is 5.50. The van der Waals surface area contributed by atoms with E-state index in [4.69, 9.17) is 10.5 Å². The summed E-state index contributed by atoms with van der Waals surface area (Å²) in [5.41, 5.74) is 5.41. The zero-order valence-electron chi connectivity index (χ0n) is 17.4. The molecular weight excluding hydrogens is 458 g/mol. The van der Waals surface area contributed by atoms with Crippen LogP contribution in [0.1, 0.15) is 42.9 Å². The van der Waals surface area contributed by atoms with Crippen molar-refractivity contribution in [3.8, 4) is 0 Å². The third kappa shape index (κ3) is 8.02. The topological polar surface area (TPSA) is 93.4 Å². The van der Waals surface area contributed by atoms with Gasteiger partial charge in [0.05, 0.1) is 12.5 Å². The van der Waals surface area contributed by atoms with Crippen LogP contribution in [0.2, 0.25) is 0 Å². The Morgan fingerprint density at radius 3 is 2.52 bits per heavy atom. The molecule has 12 heteroatoms. The number of nitrogens with one attached hydrogen (secondary N) is 1. The quantitative estimate of drug-likeness (QED) is 0.677. The van der Waals surface area contributed by atoms with E-state index in [1.54, 1.807) is 0 Å². The molecule has 0 unspecified atom stereocenters. The van der Waals surface area contributed by atoms with Gasteiger partial charge in [-0.3, -0.25) is 9.69 Å². The van der Waals surface area contributed by atoms with E-state index in [1.807, 2.05) is 0 Å². The number of halogens is 5. The lowest BCUT2D eigenvalue weighted by atomic mass is 10.0. The molecule has 0 bridgehead atoms. The van der Waals surface area contributed by atoms with Crippen LogP contribution in [0, 0.1) is 12.8 Å². The summed E-state index contributed by atoms with van der Waals surface area (Å²) in [6, 6.07) is 1.24. The molecule has 7 nitrogen and oxygen atoms in total. The molecule has 178 valence electrons. The number of alkyl halides is 3. The molecule has 1 amide bonds. The Morgan fingerprint density at radius 2 is 1.87 bits per heavy atom. The van der Waals surface area contributed by atoms with Crippen LogP contribution >= 0.6 is 24.8 Å². The van der Waals surface area contributed by atoms with Crippen molar-refractivity contribution >= 4 is 30.7 Å². The van der Waals surface area contributed by atoms with Crippen LogP contribution in [0.15, 0.2) is 6.07 Å². The molecule has 0 saturated carbocycles. The minimum Gasteiger partial charge on any atom is -0.381 e. The number of carbonyl (C=O) groups is 1. The van der Waals surface area contributed by atoms with Gasteiger partial charge in [-0.1, -0.05) is 0 Å². The van der Waals surface area contributed by atoms with Crippen LogP contribution in [0.25, 0.3) is 0 Å². The molecule has 2 fully saturated rings. The molecule has 2 aliphatic rings. The van der Waals surface area contributed by atoms with Crippen LogP contribution in [-0.4, -0.2) is 59.2 Å². The van der Waals surface area contributed by atoms with Crippen LogP contribution < -0.4 is 11.1 Å². The average Bonchev–Trinajstić information content (AvgIpc) is 2.87. The first-order valence-corrected chi connectivity index (χ1v) is 9.99. The Balaban J connectivity index is 0.00000240. The Hall–Kier alpha value is -1.20. The van der Waals surface area contributed by atoms with E-state index < -0.39 is 11.9 Å². The van der Waals surface area contributed by atoms with Crippen LogP contribution in [-0.2, 0) is 22.3 Å². The molecule has 2 aliphatic heterocycles. The molecule has 0 spiro atoms. The molecule has 0 aromatic carbocycles. The second-order valence-corrected chi connectivity index (χ2v) is 7.86. The van der Waals surface area contributed by atoms with Crippen molar-refractivity contribution in [1.82, 2.24) is 20.2 Å². The second kappa shape index (κ2) is 12.2. The van der Waals surface area contributed by atoms with Gasteiger partial charge in [-0.05, 0) is 38.7 Å². The number of aryl methyl sites for hydroxylation is 1. The first-order chi connectivity index (χ1) is 13.7. The molecule has 3 rings (SSSR count). The SMILES string of the molecule is Cc1cc(C(F)(F)F)nc(CNC(=O)[C@@H]2CC[C@H](N)CN(C3CCOCC3)C2)n1.Cl.Cl. The van der Waals surface area contributed by atoms with Gasteiger partial charge in [-0.15, -0.1) is 24.8 Å². The largest absolute Gasteiger partial charge is 0.433 e. The van der Waals surface area contributed by atoms with Gasteiger partial charge in [-0.25, -0.2) is 9.97 Å². The zero-order valence-corrected chi connectivity index (χ0v) is 19.0. The zero-order chi connectivity index (χ0) is 21.0. The van der Waals surface area contributed by atoms with E-state index in [1.165, 1.54) is 6.92 Å². The average molecular weight is 488 g/mol. The summed E-state index contributed by atoms with van der Waals surface area (Å²) in [6.07, 6.45) is -1.34. The smallest absolute Gasteiger partial charge is 0.381 e. The van der Waals surface area contributed by atoms with Crippen LogP contribution in [0.3, 0.4) is 0 Å². The highest BCUT2D eigenvalue weighted by Crippen LogP contribution is 2.28. The number of rotatable bonds is 4. The molecule has 2 saturated heterocycles. The molecule has 1 aromatic rings. The van der Waals surface area contributed by atoms with E-state index in [0.29, 0.717) is 32.2 Å². The van der Waals surface area contributed by atoms with Crippen molar-refractivity contribution in [3.05, 3.63) is 23.3 Å². The minimum atomic E-state index is -4.55. The van der Waals surface area contributed by atoms with Gasteiger partial charge in [0, 0.05) is 44.1 Å². The molecule has 0 aliphatic carbocycles. The molecule has 1 aromatic heterocycles. The summed E-state index contributed by atoms with van der Waals surface area (Å²) >= 11 is 0. The number of amides is 1. The van der Waals surface area contributed by atoms with Gasteiger partial charge in [0.1, 0.15) is 11.5 Å². The first-order valence-electron chi connectivity index (χ1n) is 9.99. The number of likely N-dealkylation sites (tertiary alicyclic amines) is 1. The summed E-state index contributed by atoms with van der Waals surface area (Å²) in [7, 11) is 0. The molecule has 2 atom stereocenters. The van der Waals surface area contributed by atoms with E-state index >= 15 is 0 Å². The van der Waals surface area contributed by atoms with Crippen molar-refractivity contribution in [3.63, 3.8) is 0 Å². The Kier molecular flexibility index (Phi) is 10.9. The van der Waals surface area contributed by atoms with E-state index in [9.17, 15) is 18.0 Å². The number of aromatic nitrogens is 2. The van der Waals surface area contributed by atoms with Crippen molar-refractivity contribution in [2.75, 3.05) is 26.3 Å². The van der Waals surface area contributed by atoms with E-state index in [2.05, 4.69) is 20.2 Å². The highest BCUT2D eigenvalue weighted by atomic mass is 35.5.